The Morgan fingerprint density at radius 3 is 2.92 bits per heavy atom. The molecule has 25 heavy (non-hydrogen) atoms. The molecule has 1 aliphatic rings. The molecular formula is C18H22FN3O2S. The van der Waals surface area contributed by atoms with Crippen molar-refractivity contribution in [3.8, 4) is 5.75 Å². The van der Waals surface area contributed by atoms with Gasteiger partial charge in [-0.2, -0.15) is 0 Å². The summed E-state index contributed by atoms with van der Waals surface area (Å²) in [6.45, 7) is 6.04. The van der Waals surface area contributed by atoms with Crippen LogP contribution in [-0.2, 0) is 6.61 Å². The van der Waals surface area contributed by atoms with Gasteiger partial charge in [-0.15, -0.1) is 11.3 Å². The van der Waals surface area contributed by atoms with Crippen molar-refractivity contribution in [2.45, 2.75) is 32.9 Å². The van der Waals surface area contributed by atoms with Crippen molar-refractivity contribution in [2.75, 3.05) is 13.1 Å². The maximum atomic E-state index is 12.9. The number of thiazole rings is 1. The Morgan fingerprint density at radius 1 is 1.44 bits per heavy atom. The van der Waals surface area contributed by atoms with Crippen molar-refractivity contribution >= 4 is 17.2 Å². The molecule has 5 nitrogen and oxygen atoms in total. The normalized spacial score (nSPS) is 20.3. The van der Waals surface area contributed by atoms with Crippen LogP contribution in [0, 0.1) is 18.7 Å². The number of aryl methyl sites for hydroxylation is 1. The van der Waals surface area contributed by atoms with Crippen LogP contribution < -0.4 is 15.4 Å². The van der Waals surface area contributed by atoms with E-state index in [9.17, 15) is 9.18 Å². The molecule has 1 saturated heterocycles. The zero-order valence-corrected chi connectivity index (χ0v) is 15.2. The standard InChI is InChI=1S/C18H22FN3O2S/c1-11-7-8-20-9-15(11)22-18(23)17-12(2)21-16(25-17)10-24-14-5-3-13(19)4-6-14/h3-6,11,15,20H,7-10H2,1-2H3,(H,22,23). The molecule has 2 unspecified atom stereocenters. The molecule has 1 aromatic heterocycles. The SMILES string of the molecule is Cc1nc(COc2ccc(F)cc2)sc1C(=O)NC1CNCCC1C. The van der Waals surface area contributed by atoms with E-state index in [2.05, 4.69) is 22.5 Å². The fourth-order valence-corrected chi connectivity index (χ4v) is 3.70. The predicted octanol–water partition coefficient (Wildman–Crippen LogP) is 2.90. The summed E-state index contributed by atoms with van der Waals surface area (Å²) < 4.78 is 18.5. The Labute approximate surface area is 150 Å². The molecule has 1 amide bonds. The molecule has 0 saturated carbocycles. The lowest BCUT2D eigenvalue weighted by atomic mass is 9.95. The van der Waals surface area contributed by atoms with E-state index in [-0.39, 0.29) is 24.4 Å². The first-order chi connectivity index (χ1) is 12.0. The van der Waals surface area contributed by atoms with Crippen molar-refractivity contribution in [3.05, 3.63) is 45.7 Å². The number of nitrogens with one attached hydrogen (secondary N) is 2. The molecule has 0 spiro atoms. The van der Waals surface area contributed by atoms with Gasteiger partial charge in [0.2, 0.25) is 0 Å². The van der Waals surface area contributed by atoms with Crippen LogP contribution in [-0.4, -0.2) is 30.0 Å². The highest BCUT2D eigenvalue weighted by Crippen LogP contribution is 2.21. The summed E-state index contributed by atoms with van der Waals surface area (Å²) in [7, 11) is 0. The molecule has 134 valence electrons. The van der Waals surface area contributed by atoms with Crippen LogP contribution in [0.5, 0.6) is 5.75 Å². The number of carbonyl (C=O) groups is 1. The molecule has 3 rings (SSSR count). The van der Waals surface area contributed by atoms with Gasteiger partial charge in [-0.3, -0.25) is 4.79 Å². The number of aromatic nitrogens is 1. The third-order valence-electron chi connectivity index (χ3n) is 4.37. The van der Waals surface area contributed by atoms with Gasteiger partial charge in [-0.25, -0.2) is 9.37 Å². The summed E-state index contributed by atoms with van der Waals surface area (Å²) in [4.78, 5) is 17.6. The summed E-state index contributed by atoms with van der Waals surface area (Å²) in [5.74, 6) is 0.647. The van der Waals surface area contributed by atoms with Crippen molar-refractivity contribution in [1.82, 2.24) is 15.6 Å². The maximum Gasteiger partial charge on any atom is 0.263 e. The second-order valence-corrected chi connectivity index (χ2v) is 7.40. The van der Waals surface area contributed by atoms with Crippen molar-refractivity contribution in [2.24, 2.45) is 5.92 Å². The number of halogens is 1. The second kappa shape index (κ2) is 7.93. The summed E-state index contributed by atoms with van der Waals surface area (Å²) in [5.41, 5.74) is 0.705. The molecular weight excluding hydrogens is 341 g/mol. The fourth-order valence-electron chi connectivity index (χ4n) is 2.82. The monoisotopic (exact) mass is 363 g/mol. The van der Waals surface area contributed by atoms with Gasteiger partial charge in [-0.1, -0.05) is 6.92 Å². The smallest absolute Gasteiger partial charge is 0.263 e. The van der Waals surface area contributed by atoms with Gasteiger partial charge in [0.15, 0.2) is 0 Å². The van der Waals surface area contributed by atoms with E-state index in [4.69, 9.17) is 4.74 Å². The lowest BCUT2D eigenvalue weighted by molar-refractivity contribution is 0.0918. The molecule has 0 radical (unpaired) electrons. The van der Waals surface area contributed by atoms with E-state index >= 15 is 0 Å². The molecule has 2 aromatic rings. The average molecular weight is 363 g/mol. The third kappa shape index (κ3) is 4.55. The largest absolute Gasteiger partial charge is 0.486 e. The van der Waals surface area contributed by atoms with E-state index in [1.807, 2.05) is 6.92 Å². The van der Waals surface area contributed by atoms with E-state index < -0.39 is 0 Å². The number of benzene rings is 1. The Balaban J connectivity index is 1.61. The molecule has 2 atom stereocenters. The first-order valence-electron chi connectivity index (χ1n) is 8.39. The summed E-state index contributed by atoms with van der Waals surface area (Å²) >= 11 is 1.34. The van der Waals surface area contributed by atoms with E-state index in [0.29, 0.717) is 22.2 Å². The van der Waals surface area contributed by atoms with Crippen molar-refractivity contribution in [3.63, 3.8) is 0 Å². The Morgan fingerprint density at radius 2 is 2.20 bits per heavy atom. The number of amides is 1. The molecule has 1 aromatic carbocycles. The lowest BCUT2D eigenvalue weighted by Crippen LogP contribution is -2.50. The molecule has 1 fully saturated rings. The number of hydrogen-bond donors (Lipinski definition) is 2. The minimum Gasteiger partial charge on any atom is -0.486 e. The van der Waals surface area contributed by atoms with E-state index in [1.165, 1.54) is 23.5 Å². The van der Waals surface area contributed by atoms with Crippen LogP contribution in [0.15, 0.2) is 24.3 Å². The number of carbonyl (C=O) groups excluding carboxylic acids is 1. The summed E-state index contributed by atoms with van der Waals surface area (Å²) in [6.07, 6.45) is 1.06. The van der Waals surface area contributed by atoms with Gasteiger partial charge in [-0.05, 0) is 50.1 Å². The van der Waals surface area contributed by atoms with E-state index in [0.717, 1.165) is 24.5 Å². The Bertz CT molecular complexity index is 732. The minimum absolute atomic E-state index is 0.0800. The summed E-state index contributed by atoms with van der Waals surface area (Å²) in [6, 6.07) is 5.98. The number of hydrogen-bond acceptors (Lipinski definition) is 5. The predicted molar refractivity (Wildman–Crippen MR) is 95.5 cm³/mol. The molecule has 2 N–H and O–H groups in total. The van der Waals surface area contributed by atoms with Gasteiger partial charge >= 0.3 is 0 Å². The van der Waals surface area contributed by atoms with Gasteiger partial charge < -0.3 is 15.4 Å². The van der Waals surface area contributed by atoms with Crippen LogP contribution in [0.4, 0.5) is 4.39 Å². The first kappa shape index (κ1) is 17.8. The minimum atomic E-state index is -0.303. The Kier molecular flexibility index (Phi) is 5.65. The summed E-state index contributed by atoms with van der Waals surface area (Å²) in [5, 5.41) is 7.14. The molecule has 0 bridgehead atoms. The van der Waals surface area contributed by atoms with E-state index in [1.54, 1.807) is 12.1 Å². The van der Waals surface area contributed by atoms with Gasteiger partial charge in [0.05, 0.1) is 5.69 Å². The van der Waals surface area contributed by atoms with Crippen LogP contribution in [0.3, 0.4) is 0 Å². The highest BCUT2D eigenvalue weighted by Gasteiger charge is 2.25. The van der Waals surface area contributed by atoms with Crippen LogP contribution in [0.2, 0.25) is 0 Å². The number of ether oxygens (including phenoxy) is 1. The topological polar surface area (TPSA) is 63.2 Å². The molecule has 1 aliphatic heterocycles. The Hall–Kier alpha value is -1.99. The fraction of sp³-hybridized carbons (Fsp3) is 0.444. The highest BCUT2D eigenvalue weighted by atomic mass is 32.1. The highest BCUT2D eigenvalue weighted by molar-refractivity contribution is 7.13. The van der Waals surface area contributed by atoms with Crippen LogP contribution in [0.1, 0.15) is 33.7 Å². The number of rotatable bonds is 5. The van der Waals surface area contributed by atoms with Gasteiger partial charge in [0.25, 0.3) is 5.91 Å². The quantitative estimate of drug-likeness (QED) is 0.857. The van der Waals surface area contributed by atoms with Crippen LogP contribution >= 0.6 is 11.3 Å². The second-order valence-electron chi connectivity index (χ2n) is 6.31. The van der Waals surface area contributed by atoms with Gasteiger partial charge in [0.1, 0.15) is 28.1 Å². The number of piperidine rings is 1. The maximum absolute atomic E-state index is 12.9. The average Bonchev–Trinajstić information content (AvgIpc) is 2.97. The van der Waals surface area contributed by atoms with Crippen molar-refractivity contribution < 1.29 is 13.9 Å². The lowest BCUT2D eigenvalue weighted by Gasteiger charge is -2.30. The zero-order chi connectivity index (χ0) is 17.8. The third-order valence-corrected chi connectivity index (χ3v) is 5.50. The zero-order valence-electron chi connectivity index (χ0n) is 14.3. The van der Waals surface area contributed by atoms with Crippen LogP contribution in [0.25, 0.3) is 0 Å². The molecule has 0 aliphatic carbocycles. The molecule has 2 heterocycles. The number of nitrogens with zero attached hydrogens (tertiary/aromatic N) is 1. The molecule has 7 heteroatoms. The van der Waals surface area contributed by atoms with Gasteiger partial charge in [0, 0.05) is 12.6 Å². The van der Waals surface area contributed by atoms with Crippen molar-refractivity contribution in [1.29, 1.82) is 0 Å². The first-order valence-corrected chi connectivity index (χ1v) is 9.21.